The van der Waals surface area contributed by atoms with Gasteiger partial charge in [0, 0.05) is 37.9 Å². The molecule has 138 valence electrons. The Bertz CT molecular complexity index is 948. The van der Waals surface area contributed by atoms with Gasteiger partial charge in [0.05, 0.1) is 4.90 Å². The summed E-state index contributed by atoms with van der Waals surface area (Å²) in [6.07, 6.45) is 1.42. The van der Waals surface area contributed by atoms with Crippen molar-refractivity contribution in [2.45, 2.75) is 4.90 Å². The number of piperazine rings is 1. The van der Waals surface area contributed by atoms with Gasteiger partial charge >= 0.3 is 0 Å². The lowest BCUT2D eigenvalue weighted by molar-refractivity contribution is 0.0697. The van der Waals surface area contributed by atoms with E-state index in [2.05, 4.69) is 4.98 Å². The number of carbonyl (C=O) groups excluding carboxylic acids is 1. The van der Waals surface area contributed by atoms with Crippen LogP contribution in [0, 0.1) is 11.6 Å². The topological polar surface area (TPSA) is 70.6 Å². The molecule has 2 heterocycles. The fourth-order valence-corrected chi connectivity index (χ4v) is 4.24. The number of hydrogen-bond acceptors (Lipinski definition) is 4. The van der Waals surface area contributed by atoms with Gasteiger partial charge in [-0.25, -0.2) is 22.2 Å². The van der Waals surface area contributed by atoms with Crippen LogP contribution in [0.5, 0.6) is 0 Å². The molecule has 1 aliphatic heterocycles. The predicted octanol–water partition coefficient (Wildman–Crippen LogP) is 2.16. The minimum absolute atomic E-state index is 0.0475. The summed E-state index contributed by atoms with van der Waals surface area (Å²) in [6.45, 7) is 0.432. The monoisotopic (exact) mass is 401 g/mol. The van der Waals surface area contributed by atoms with Crippen molar-refractivity contribution in [2.24, 2.45) is 0 Å². The van der Waals surface area contributed by atoms with E-state index < -0.39 is 21.7 Å². The molecule has 3 rings (SSSR count). The van der Waals surface area contributed by atoms with Crippen LogP contribution in [0.2, 0.25) is 5.15 Å². The summed E-state index contributed by atoms with van der Waals surface area (Å²) < 4.78 is 52.6. The molecule has 0 saturated carbocycles. The smallest absolute Gasteiger partial charge is 0.254 e. The van der Waals surface area contributed by atoms with Crippen molar-refractivity contribution in [3.05, 3.63) is 58.9 Å². The fraction of sp³-hybridized carbons (Fsp3) is 0.250. The maximum absolute atomic E-state index is 13.3. The molecule has 0 spiro atoms. The summed E-state index contributed by atoms with van der Waals surface area (Å²) in [7, 11) is -3.96. The first-order chi connectivity index (χ1) is 12.3. The van der Waals surface area contributed by atoms with Crippen molar-refractivity contribution in [1.29, 1.82) is 0 Å². The van der Waals surface area contributed by atoms with Crippen molar-refractivity contribution in [3.8, 4) is 0 Å². The maximum atomic E-state index is 13.3. The van der Waals surface area contributed by atoms with Gasteiger partial charge in [-0.15, -0.1) is 0 Å². The number of halogens is 3. The first-order valence-electron chi connectivity index (χ1n) is 7.65. The molecule has 2 aromatic rings. The Kier molecular flexibility index (Phi) is 5.22. The van der Waals surface area contributed by atoms with Crippen molar-refractivity contribution >= 4 is 27.5 Å². The Labute approximate surface area is 154 Å². The molecule has 0 atom stereocenters. The minimum Gasteiger partial charge on any atom is -0.336 e. The van der Waals surface area contributed by atoms with E-state index in [9.17, 15) is 22.0 Å². The number of aromatic nitrogens is 1. The summed E-state index contributed by atoms with van der Waals surface area (Å²) in [5.74, 6) is -2.62. The van der Waals surface area contributed by atoms with E-state index in [1.54, 1.807) is 0 Å². The van der Waals surface area contributed by atoms with Gasteiger partial charge in [-0.2, -0.15) is 4.31 Å². The Morgan fingerprint density at radius 2 is 1.73 bits per heavy atom. The Morgan fingerprint density at radius 1 is 1.04 bits per heavy atom. The lowest BCUT2D eigenvalue weighted by atomic mass is 10.2. The van der Waals surface area contributed by atoms with Gasteiger partial charge in [0.15, 0.2) is 11.6 Å². The Morgan fingerprint density at radius 3 is 2.35 bits per heavy atom. The minimum atomic E-state index is -3.96. The standard InChI is InChI=1S/C16H14ClF2N3O3S/c17-15-9-11(3-4-20-15)16(23)21-5-7-22(8-6-21)26(24,25)12-1-2-13(18)14(19)10-12/h1-4,9-10H,5-8H2. The summed E-state index contributed by atoms with van der Waals surface area (Å²) in [5, 5.41) is 0.190. The number of carbonyl (C=O) groups is 1. The van der Waals surface area contributed by atoms with Crippen molar-refractivity contribution in [3.63, 3.8) is 0 Å². The van der Waals surface area contributed by atoms with Crippen LogP contribution in [0.15, 0.2) is 41.4 Å². The summed E-state index contributed by atoms with van der Waals surface area (Å²) >= 11 is 5.78. The van der Waals surface area contributed by atoms with Gasteiger partial charge in [0.25, 0.3) is 5.91 Å². The normalized spacial score (nSPS) is 15.9. The van der Waals surface area contributed by atoms with Crippen LogP contribution >= 0.6 is 11.6 Å². The average molecular weight is 402 g/mol. The second-order valence-electron chi connectivity index (χ2n) is 5.64. The lowest BCUT2D eigenvalue weighted by Gasteiger charge is -2.34. The van der Waals surface area contributed by atoms with Crippen LogP contribution in [-0.4, -0.2) is 54.7 Å². The van der Waals surface area contributed by atoms with E-state index >= 15 is 0 Å². The van der Waals surface area contributed by atoms with Crippen LogP contribution in [0.4, 0.5) is 8.78 Å². The van der Waals surface area contributed by atoms with Gasteiger partial charge in [-0.1, -0.05) is 11.6 Å². The number of hydrogen-bond donors (Lipinski definition) is 0. The van der Waals surface area contributed by atoms with Crippen molar-refractivity contribution in [1.82, 2.24) is 14.2 Å². The molecule has 1 amide bonds. The summed E-state index contributed by atoms with van der Waals surface area (Å²) in [6, 6.07) is 5.41. The highest BCUT2D eigenvalue weighted by Gasteiger charge is 2.31. The van der Waals surface area contributed by atoms with Gasteiger partial charge < -0.3 is 4.90 Å². The Balaban J connectivity index is 1.71. The quantitative estimate of drug-likeness (QED) is 0.739. The zero-order valence-electron chi connectivity index (χ0n) is 13.4. The second kappa shape index (κ2) is 7.26. The molecule has 0 bridgehead atoms. The van der Waals surface area contributed by atoms with Gasteiger partial charge in [-0.3, -0.25) is 4.79 Å². The molecule has 10 heteroatoms. The average Bonchev–Trinajstić information content (AvgIpc) is 2.63. The van der Waals surface area contributed by atoms with E-state index in [1.807, 2.05) is 0 Å². The van der Waals surface area contributed by atoms with E-state index in [1.165, 1.54) is 23.2 Å². The van der Waals surface area contributed by atoms with E-state index in [-0.39, 0.29) is 42.1 Å². The van der Waals surface area contributed by atoms with E-state index in [4.69, 9.17) is 11.6 Å². The van der Waals surface area contributed by atoms with Gasteiger partial charge in [-0.05, 0) is 30.3 Å². The molecule has 0 N–H and O–H groups in total. The Hall–Kier alpha value is -2.10. The molecule has 1 aromatic carbocycles. The molecule has 1 aromatic heterocycles. The van der Waals surface area contributed by atoms with Crippen LogP contribution in [0.1, 0.15) is 10.4 Å². The summed E-state index contributed by atoms with van der Waals surface area (Å²) in [5.41, 5.74) is 0.363. The highest BCUT2D eigenvalue weighted by Crippen LogP contribution is 2.20. The molecule has 0 unspecified atom stereocenters. The van der Waals surface area contributed by atoms with E-state index in [0.29, 0.717) is 11.6 Å². The van der Waals surface area contributed by atoms with Crippen LogP contribution < -0.4 is 0 Å². The zero-order chi connectivity index (χ0) is 18.9. The van der Waals surface area contributed by atoms with E-state index in [0.717, 1.165) is 16.4 Å². The third kappa shape index (κ3) is 3.69. The maximum Gasteiger partial charge on any atom is 0.254 e. The third-order valence-corrected chi connectivity index (χ3v) is 6.13. The van der Waals surface area contributed by atoms with Gasteiger partial charge in [0.2, 0.25) is 10.0 Å². The van der Waals surface area contributed by atoms with Crippen LogP contribution in [0.3, 0.4) is 0 Å². The van der Waals surface area contributed by atoms with Crippen molar-refractivity contribution in [2.75, 3.05) is 26.2 Å². The summed E-state index contributed by atoms with van der Waals surface area (Å²) in [4.78, 5) is 17.4. The SMILES string of the molecule is O=C(c1ccnc(Cl)c1)N1CCN(S(=O)(=O)c2ccc(F)c(F)c2)CC1. The predicted molar refractivity (Wildman–Crippen MR) is 90.3 cm³/mol. The second-order valence-corrected chi connectivity index (χ2v) is 7.96. The number of sulfonamides is 1. The molecule has 1 aliphatic rings. The molecule has 1 saturated heterocycles. The zero-order valence-corrected chi connectivity index (χ0v) is 15.0. The fourth-order valence-electron chi connectivity index (χ4n) is 2.64. The molecular weight excluding hydrogens is 388 g/mol. The lowest BCUT2D eigenvalue weighted by Crippen LogP contribution is -2.50. The number of nitrogens with zero attached hydrogens (tertiary/aromatic N) is 3. The largest absolute Gasteiger partial charge is 0.336 e. The number of rotatable bonds is 3. The molecule has 0 aliphatic carbocycles. The van der Waals surface area contributed by atoms with Gasteiger partial charge in [0.1, 0.15) is 5.15 Å². The highest BCUT2D eigenvalue weighted by molar-refractivity contribution is 7.89. The van der Waals surface area contributed by atoms with Crippen LogP contribution in [-0.2, 0) is 10.0 Å². The molecular formula is C16H14ClF2N3O3S. The third-order valence-electron chi connectivity index (χ3n) is 4.03. The molecule has 1 fully saturated rings. The molecule has 0 radical (unpaired) electrons. The van der Waals surface area contributed by atoms with Crippen molar-refractivity contribution < 1.29 is 22.0 Å². The van der Waals surface area contributed by atoms with Crippen LogP contribution in [0.25, 0.3) is 0 Å². The molecule has 26 heavy (non-hydrogen) atoms. The number of benzene rings is 1. The number of amides is 1. The highest BCUT2D eigenvalue weighted by atomic mass is 35.5. The first-order valence-corrected chi connectivity index (χ1v) is 9.47. The first kappa shape index (κ1) is 18.7. The molecule has 6 nitrogen and oxygen atoms in total. The number of pyridine rings is 1.